The summed E-state index contributed by atoms with van der Waals surface area (Å²) in [5.41, 5.74) is 8.29. The Kier molecular flexibility index (Phi) is 5.43. The van der Waals surface area contributed by atoms with Gasteiger partial charge in [0.2, 0.25) is 0 Å². The Labute approximate surface area is 98.5 Å². The minimum absolute atomic E-state index is 0.558. The molecule has 0 saturated heterocycles. The predicted octanol–water partition coefficient (Wildman–Crippen LogP) is 1.71. The number of pyridine rings is 1. The molecule has 0 radical (unpaired) electrons. The van der Waals surface area contributed by atoms with Crippen molar-refractivity contribution in [3.63, 3.8) is 0 Å². The molecule has 16 heavy (non-hydrogen) atoms. The first-order valence-electron chi connectivity index (χ1n) is 5.95. The average Bonchev–Trinajstić information content (AvgIpc) is 2.26. The molecule has 3 N–H and O–H groups in total. The summed E-state index contributed by atoms with van der Waals surface area (Å²) in [5.74, 6) is 1.19. The van der Waals surface area contributed by atoms with Crippen LogP contribution in [-0.2, 0) is 6.54 Å². The van der Waals surface area contributed by atoms with Crippen LogP contribution < -0.4 is 11.1 Å². The van der Waals surface area contributed by atoms with E-state index in [0.717, 1.165) is 19.6 Å². The third-order valence-corrected chi connectivity index (χ3v) is 3.10. The number of nitrogens with zero attached hydrogens (tertiary/aromatic N) is 1. The average molecular weight is 221 g/mol. The van der Waals surface area contributed by atoms with Crippen molar-refractivity contribution in [3.05, 3.63) is 29.6 Å². The molecular formula is C13H23N3. The Morgan fingerprint density at radius 1 is 1.44 bits per heavy atom. The molecule has 3 heteroatoms. The highest BCUT2D eigenvalue weighted by Gasteiger charge is 2.10. The highest BCUT2D eigenvalue weighted by molar-refractivity contribution is 5.21. The number of nitrogens with one attached hydrogen (secondary N) is 1. The van der Waals surface area contributed by atoms with E-state index < -0.39 is 0 Å². The Balaban J connectivity index is 2.38. The van der Waals surface area contributed by atoms with Crippen LogP contribution in [0, 0.1) is 18.8 Å². The van der Waals surface area contributed by atoms with Gasteiger partial charge < -0.3 is 11.1 Å². The van der Waals surface area contributed by atoms with Gasteiger partial charge in [-0.1, -0.05) is 13.8 Å². The lowest BCUT2D eigenvalue weighted by atomic mass is 9.96. The summed E-state index contributed by atoms with van der Waals surface area (Å²) < 4.78 is 0. The maximum atomic E-state index is 5.73. The van der Waals surface area contributed by atoms with Gasteiger partial charge in [0.05, 0.1) is 0 Å². The number of rotatable bonds is 6. The van der Waals surface area contributed by atoms with Crippen molar-refractivity contribution < 1.29 is 0 Å². The first kappa shape index (κ1) is 13.1. The third kappa shape index (κ3) is 3.91. The van der Waals surface area contributed by atoms with Crippen molar-refractivity contribution >= 4 is 0 Å². The van der Waals surface area contributed by atoms with Gasteiger partial charge in [-0.05, 0) is 49.0 Å². The minimum atomic E-state index is 0.558. The molecule has 1 aromatic heterocycles. The number of nitrogens with two attached hydrogens (primary N) is 1. The summed E-state index contributed by atoms with van der Waals surface area (Å²) >= 11 is 0. The molecule has 0 aromatic carbocycles. The van der Waals surface area contributed by atoms with Crippen LogP contribution in [0.15, 0.2) is 18.5 Å². The van der Waals surface area contributed by atoms with Crippen molar-refractivity contribution in [2.75, 3.05) is 13.1 Å². The molecule has 0 aliphatic carbocycles. The Hall–Kier alpha value is -0.930. The maximum absolute atomic E-state index is 5.73. The van der Waals surface area contributed by atoms with Gasteiger partial charge in [0.25, 0.3) is 0 Å². The lowest BCUT2D eigenvalue weighted by Crippen LogP contribution is -2.31. The molecule has 0 spiro atoms. The zero-order chi connectivity index (χ0) is 12.0. The van der Waals surface area contributed by atoms with Crippen molar-refractivity contribution in [2.45, 2.75) is 27.3 Å². The summed E-state index contributed by atoms with van der Waals surface area (Å²) in [6.45, 7) is 9.16. The highest BCUT2D eigenvalue weighted by atomic mass is 14.9. The zero-order valence-corrected chi connectivity index (χ0v) is 10.5. The standard InChI is InChI=1S/C13H23N3/c1-10(2)13(6-14)9-16-8-12-4-5-15-7-11(12)3/h4-5,7,10,13,16H,6,8-9,14H2,1-3H3. The highest BCUT2D eigenvalue weighted by Crippen LogP contribution is 2.09. The summed E-state index contributed by atoms with van der Waals surface area (Å²) in [6, 6.07) is 2.06. The van der Waals surface area contributed by atoms with Crippen molar-refractivity contribution in [3.8, 4) is 0 Å². The van der Waals surface area contributed by atoms with Crippen LogP contribution in [0.3, 0.4) is 0 Å². The van der Waals surface area contributed by atoms with Crippen LogP contribution in [0.25, 0.3) is 0 Å². The molecule has 1 unspecified atom stereocenters. The zero-order valence-electron chi connectivity index (χ0n) is 10.5. The second-order valence-corrected chi connectivity index (χ2v) is 4.67. The molecule has 0 aliphatic heterocycles. The van der Waals surface area contributed by atoms with E-state index in [4.69, 9.17) is 5.73 Å². The minimum Gasteiger partial charge on any atom is -0.330 e. The molecule has 0 amide bonds. The van der Waals surface area contributed by atoms with E-state index in [0.29, 0.717) is 11.8 Å². The van der Waals surface area contributed by atoms with E-state index in [1.54, 1.807) is 0 Å². The van der Waals surface area contributed by atoms with E-state index in [-0.39, 0.29) is 0 Å². The number of hydrogen-bond acceptors (Lipinski definition) is 3. The largest absolute Gasteiger partial charge is 0.330 e. The smallest absolute Gasteiger partial charge is 0.0300 e. The molecule has 90 valence electrons. The van der Waals surface area contributed by atoms with E-state index in [9.17, 15) is 0 Å². The lowest BCUT2D eigenvalue weighted by molar-refractivity contribution is 0.370. The summed E-state index contributed by atoms with van der Waals surface area (Å²) in [5, 5.41) is 3.47. The van der Waals surface area contributed by atoms with Crippen molar-refractivity contribution in [2.24, 2.45) is 17.6 Å². The van der Waals surface area contributed by atoms with Gasteiger partial charge in [0, 0.05) is 18.9 Å². The SMILES string of the molecule is Cc1cnccc1CNCC(CN)C(C)C. The summed E-state index contributed by atoms with van der Waals surface area (Å²) in [4.78, 5) is 4.08. The Morgan fingerprint density at radius 3 is 2.75 bits per heavy atom. The van der Waals surface area contributed by atoms with Crippen LogP contribution in [0.2, 0.25) is 0 Å². The number of hydrogen-bond donors (Lipinski definition) is 2. The lowest BCUT2D eigenvalue weighted by Gasteiger charge is -2.19. The fraction of sp³-hybridized carbons (Fsp3) is 0.615. The first-order chi connectivity index (χ1) is 7.65. The van der Waals surface area contributed by atoms with Gasteiger partial charge >= 0.3 is 0 Å². The second kappa shape index (κ2) is 6.61. The van der Waals surface area contributed by atoms with Crippen LogP contribution in [0.4, 0.5) is 0 Å². The molecule has 0 fully saturated rings. The molecule has 1 atom stereocenters. The number of aryl methyl sites for hydroxylation is 1. The topological polar surface area (TPSA) is 50.9 Å². The van der Waals surface area contributed by atoms with Gasteiger partial charge in [0.15, 0.2) is 0 Å². The van der Waals surface area contributed by atoms with Crippen LogP contribution >= 0.6 is 0 Å². The van der Waals surface area contributed by atoms with Gasteiger partial charge in [-0.25, -0.2) is 0 Å². The number of aromatic nitrogens is 1. The van der Waals surface area contributed by atoms with Crippen LogP contribution in [-0.4, -0.2) is 18.1 Å². The van der Waals surface area contributed by atoms with Gasteiger partial charge in [0.1, 0.15) is 0 Å². The predicted molar refractivity (Wildman–Crippen MR) is 68.1 cm³/mol. The summed E-state index contributed by atoms with van der Waals surface area (Å²) in [6.07, 6.45) is 3.74. The van der Waals surface area contributed by atoms with Crippen molar-refractivity contribution in [1.29, 1.82) is 0 Å². The fourth-order valence-corrected chi connectivity index (χ4v) is 1.68. The Bertz CT molecular complexity index is 310. The fourth-order valence-electron chi connectivity index (χ4n) is 1.68. The van der Waals surface area contributed by atoms with Crippen molar-refractivity contribution in [1.82, 2.24) is 10.3 Å². The van der Waals surface area contributed by atoms with Gasteiger partial charge in [-0.3, -0.25) is 4.98 Å². The molecule has 3 nitrogen and oxygen atoms in total. The van der Waals surface area contributed by atoms with E-state index >= 15 is 0 Å². The quantitative estimate of drug-likeness (QED) is 0.769. The molecule has 1 heterocycles. The van der Waals surface area contributed by atoms with E-state index in [1.807, 2.05) is 12.4 Å². The Morgan fingerprint density at radius 2 is 2.19 bits per heavy atom. The van der Waals surface area contributed by atoms with Crippen LogP contribution in [0.5, 0.6) is 0 Å². The second-order valence-electron chi connectivity index (χ2n) is 4.67. The molecule has 0 aliphatic rings. The molecular weight excluding hydrogens is 198 g/mol. The maximum Gasteiger partial charge on any atom is 0.0300 e. The van der Waals surface area contributed by atoms with E-state index in [1.165, 1.54) is 11.1 Å². The van der Waals surface area contributed by atoms with Gasteiger partial charge in [-0.2, -0.15) is 0 Å². The molecule has 1 rings (SSSR count). The summed E-state index contributed by atoms with van der Waals surface area (Å²) in [7, 11) is 0. The molecule has 1 aromatic rings. The van der Waals surface area contributed by atoms with Crippen LogP contribution in [0.1, 0.15) is 25.0 Å². The van der Waals surface area contributed by atoms with Gasteiger partial charge in [-0.15, -0.1) is 0 Å². The first-order valence-corrected chi connectivity index (χ1v) is 5.95. The molecule has 0 saturated carbocycles. The molecule has 0 bridgehead atoms. The monoisotopic (exact) mass is 221 g/mol. The van der Waals surface area contributed by atoms with E-state index in [2.05, 4.69) is 37.1 Å². The third-order valence-electron chi connectivity index (χ3n) is 3.10. The normalized spacial score (nSPS) is 13.1.